The highest BCUT2D eigenvalue weighted by Crippen LogP contribution is 2.52. The summed E-state index contributed by atoms with van der Waals surface area (Å²) in [5.74, 6) is 0.828. The number of rotatable bonds is 2. The maximum Gasteiger partial charge on any atom is 0.195 e. The summed E-state index contributed by atoms with van der Waals surface area (Å²) in [6.45, 7) is 0. The number of fused-ring (bicyclic) bond motifs is 8. The molecule has 1 aliphatic heterocycles. The van der Waals surface area contributed by atoms with Crippen molar-refractivity contribution in [3.05, 3.63) is 142 Å². The van der Waals surface area contributed by atoms with Crippen LogP contribution in [0.25, 0.3) is 29.4 Å². The third kappa shape index (κ3) is 2.80. The second-order valence-electron chi connectivity index (χ2n) is 9.14. The van der Waals surface area contributed by atoms with E-state index in [0.29, 0.717) is 0 Å². The lowest BCUT2D eigenvalue weighted by molar-refractivity contribution is 0.104. The van der Waals surface area contributed by atoms with Gasteiger partial charge in [-0.15, -0.1) is 0 Å². The number of hydrogen-bond acceptors (Lipinski definition) is 2. The van der Waals surface area contributed by atoms with Crippen LogP contribution in [0.5, 0.6) is 5.75 Å². The summed E-state index contributed by atoms with van der Waals surface area (Å²) in [6, 6.07) is 28.5. The normalized spacial score (nSPS) is 16.1. The fraction of sp³-hybridized carbons (Fsp3) is 0.0606. The number of benzene rings is 4. The fourth-order valence-corrected chi connectivity index (χ4v) is 5.64. The minimum absolute atomic E-state index is 0.0662. The van der Waals surface area contributed by atoms with Gasteiger partial charge in [0.1, 0.15) is 5.75 Å². The van der Waals surface area contributed by atoms with Crippen LogP contribution in [-0.2, 0) is 5.60 Å². The molecule has 0 radical (unpaired) electrons. The van der Waals surface area contributed by atoms with Crippen LogP contribution in [-0.4, -0.2) is 5.78 Å². The molecule has 35 heavy (non-hydrogen) atoms. The Morgan fingerprint density at radius 2 is 1.20 bits per heavy atom. The summed E-state index contributed by atoms with van der Waals surface area (Å²) in [5, 5.41) is 0. The molecule has 0 saturated heterocycles. The molecule has 3 aliphatic rings. The third-order valence-corrected chi connectivity index (χ3v) is 7.23. The van der Waals surface area contributed by atoms with Gasteiger partial charge in [0, 0.05) is 38.9 Å². The summed E-state index contributed by atoms with van der Waals surface area (Å²) in [4.78, 5) is 13.7. The molecule has 0 atom stereocenters. The zero-order valence-corrected chi connectivity index (χ0v) is 19.1. The van der Waals surface area contributed by atoms with E-state index in [1.807, 2.05) is 54.6 Å². The smallest absolute Gasteiger partial charge is 0.195 e. The summed E-state index contributed by atoms with van der Waals surface area (Å²) in [7, 11) is 0. The van der Waals surface area contributed by atoms with E-state index in [1.54, 1.807) is 0 Å². The van der Waals surface area contributed by atoms with Crippen LogP contribution in [0.4, 0.5) is 0 Å². The maximum absolute atomic E-state index is 13.7. The second-order valence-corrected chi connectivity index (χ2v) is 9.14. The van der Waals surface area contributed by atoms with Crippen LogP contribution in [0.2, 0.25) is 0 Å². The van der Waals surface area contributed by atoms with E-state index in [-0.39, 0.29) is 5.78 Å². The monoisotopic (exact) mass is 450 g/mol. The zero-order valence-electron chi connectivity index (χ0n) is 19.1. The SMILES string of the molecule is O=C1c2ccccc2-c2c3c(c4c(c21)C=CC(c1ccccc1)(c1ccccc1)O4)C=CCC=C3. The lowest BCUT2D eigenvalue weighted by Crippen LogP contribution is -2.35. The van der Waals surface area contributed by atoms with Crippen LogP contribution >= 0.6 is 0 Å². The molecule has 7 rings (SSSR count). The van der Waals surface area contributed by atoms with E-state index in [2.05, 4.69) is 66.8 Å². The van der Waals surface area contributed by atoms with Crippen molar-refractivity contribution in [2.75, 3.05) is 0 Å². The number of carbonyl (C=O) groups is 1. The van der Waals surface area contributed by atoms with E-state index in [4.69, 9.17) is 4.74 Å². The number of hydrogen-bond donors (Lipinski definition) is 0. The van der Waals surface area contributed by atoms with Crippen LogP contribution in [0.15, 0.2) is 103 Å². The lowest BCUT2D eigenvalue weighted by atomic mass is 9.81. The standard InChI is InChI=1S/C33H22O2/c34-31-26-18-11-10-17-24(26)29-25-16-8-3-9-19-27(25)32-28(30(29)31)20-21-33(35-32,22-12-4-1-5-13-22)23-14-6-2-7-15-23/h1-2,4-21H,3H2. The molecular weight excluding hydrogens is 428 g/mol. The molecular formula is C33H22O2. The van der Waals surface area contributed by atoms with Crippen molar-refractivity contribution in [3.8, 4) is 16.9 Å². The van der Waals surface area contributed by atoms with E-state index in [0.717, 1.165) is 62.2 Å². The molecule has 0 fully saturated rings. The number of carbonyl (C=O) groups excluding carboxylic acids is 1. The summed E-state index contributed by atoms with van der Waals surface area (Å²) in [6.07, 6.45) is 13.7. The molecule has 4 aromatic rings. The van der Waals surface area contributed by atoms with Crippen molar-refractivity contribution in [2.24, 2.45) is 0 Å². The Morgan fingerprint density at radius 1 is 0.600 bits per heavy atom. The van der Waals surface area contributed by atoms with Gasteiger partial charge in [-0.25, -0.2) is 0 Å². The molecule has 166 valence electrons. The molecule has 0 bridgehead atoms. The molecule has 0 amide bonds. The van der Waals surface area contributed by atoms with Crippen molar-refractivity contribution >= 4 is 24.0 Å². The molecule has 0 unspecified atom stereocenters. The van der Waals surface area contributed by atoms with Crippen LogP contribution in [0.3, 0.4) is 0 Å². The Balaban J connectivity index is 1.56. The zero-order chi connectivity index (χ0) is 23.4. The van der Waals surface area contributed by atoms with Crippen molar-refractivity contribution in [3.63, 3.8) is 0 Å². The largest absolute Gasteiger partial charge is 0.472 e. The molecule has 0 N–H and O–H groups in total. The molecule has 0 aromatic heterocycles. The number of allylic oxidation sites excluding steroid dienone is 2. The molecule has 4 aromatic carbocycles. The van der Waals surface area contributed by atoms with E-state index in [9.17, 15) is 4.79 Å². The first-order valence-electron chi connectivity index (χ1n) is 12.0. The topological polar surface area (TPSA) is 26.3 Å². The molecule has 2 nitrogen and oxygen atoms in total. The van der Waals surface area contributed by atoms with Gasteiger partial charge in [0.2, 0.25) is 0 Å². The first-order valence-corrected chi connectivity index (χ1v) is 12.0. The quantitative estimate of drug-likeness (QED) is 0.276. The van der Waals surface area contributed by atoms with E-state index < -0.39 is 5.60 Å². The molecule has 2 aliphatic carbocycles. The van der Waals surface area contributed by atoms with Gasteiger partial charge in [0.15, 0.2) is 11.4 Å². The van der Waals surface area contributed by atoms with Gasteiger partial charge >= 0.3 is 0 Å². The van der Waals surface area contributed by atoms with Gasteiger partial charge in [0.05, 0.1) is 0 Å². The first-order chi connectivity index (χ1) is 17.3. The van der Waals surface area contributed by atoms with Crippen molar-refractivity contribution in [1.29, 1.82) is 0 Å². The van der Waals surface area contributed by atoms with Gasteiger partial charge in [-0.2, -0.15) is 0 Å². The highest BCUT2D eigenvalue weighted by Gasteiger charge is 2.42. The van der Waals surface area contributed by atoms with Crippen LogP contribution in [0.1, 0.15) is 50.2 Å². The third-order valence-electron chi connectivity index (χ3n) is 7.23. The predicted molar refractivity (Wildman–Crippen MR) is 141 cm³/mol. The second kappa shape index (κ2) is 7.54. The van der Waals surface area contributed by atoms with E-state index in [1.165, 1.54) is 0 Å². The highest BCUT2D eigenvalue weighted by molar-refractivity contribution is 6.25. The van der Waals surface area contributed by atoms with Crippen molar-refractivity contribution < 1.29 is 9.53 Å². The predicted octanol–water partition coefficient (Wildman–Crippen LogP) is 7.68. The van der Waals surface area contributed by atoms with Crippen molar-refractivity contribution in [2.45, 2.75) is 12.0 Å². The Hall–Kier alpha value is -4.43. The van der Waals surface area contributed by atoms with Gasteiger partial charge in [-0.3, -0.25) is 4.79 Å². The van der Waals surface area contributed by atoms with Gasteiger partial charge in [-0.1, -0.05) is 109 Å². The van der Waals surface area contributed by atoms with Crippen molar-refractivity contribution in [1.82, 2.24) is 0 Å². The minimum Gasteiger partial charge on any atom is -0.472 e. The first kappa shape index (κ1) is 20.0. The minimum atomic E-state index is -0.796. The fourth-order valence-electron chi connectivity index (χ4n) is 5.64. The average Bonchev–Trinajstić information content (AvgIpc) is 3.06. The van der Waals surface area contributed by atoms with Gasteiger partial charge in [-0.05, 0) is 29.7 Å². The Morgan fingerprint density at radius 3 is 1.89 bits per heavy atom. The average molecular weight is 451 g/mol. The summed E-state index contributed by atoms with van der Waals surface area (Å²) < 4.78 is 7.09. The number of ketones is 1. The molecule has 2 heteroatoms. The lowest BCUT2D eigenvalue weighted by Gasteiger charge is -2.37. The number of ether oxygens (including phenoxy) is 1. The van der Waals surface area contributed by atoms with Gasteiger partial charge in [0.25, 0.3) is 0 Å². The Kier molecular flexibility index (Phi) is 4.31. The van der Waals surface area contributed by atoms with Crippen LogP contribution < -0.4 is 4.74 Å². The summed E-state index contributed by atoms with van der Waals surface area (Å²) >= 11 is 0. The molecule has 0 spiro atoms. The maximum atomic E-state index is 13.7. The Bertz CT molecular complexity index is 1550. The van der Waals surface area contributed by atoms with Crippen LogP contribution in [0, 0.1) is 0 Å². The molecule has 1 heterocycles. The Labute approximate surface area is 204 Å². The van der Waals surface area contributed by atoms with E-state index >= 15 is 0 Å². The summed E-state index contributed by atoms with van der Waals surface area (Å²) in [5.41, 5.74) is 7.76. The van der Waals surface area contributed by atoms with Gasteiger partial charge < -0.3 is 4.74 Å². The highest BCUT2D eigenvalue weighted by atomic mass is 16.5. The molecule has 0 saturated carbocycles.